The third-order valence-electron chi connectivity index (χ3n) is 8.83. The van der Waals surface area contributed by atoms with Crippen molar-refractivity contribution in [3.63, 3.8) is 0 Å². The van der Waals surface area contributed by atoms with Crippen molar-refractivity contribution < 1.29 is 18.1 Å². The molecule has 0 saturated carbocycles. The van der Waals surface area contributed by atoms with Crippen molar-refractivity contribution in [2.45, 2.75) is 105 Å². The summed E-state index contributed by atoms with van der Waals surface area (Å²) in [5.41, 5.74) is 7.09. The SMILES string of the molecule is Cc1cc2c(c(C(C)(C)C)c1)OP1(C(C)(C)C)(Oc3c(cc(C)cc3C(C)(C)C)C2)Oc2c(Cl)c(Cl)c(Cl)c(Cl)c2O1.Cc1ccccc1. The maximum atomic E-state index is 7.34. The average Bonchev–Trinajstić information content (AvgIpc) is 3.34. The first-order valence-electron chi connectivity index (χ1n) is 16.5. The van der Waals surface area contributed by atoms with E-state index in [1.165, 1.54) is 5.56 Å². The smallest absolute Gasteiger partial charge is 0.0398 e. The fraction of sp³-hybridized carbons (Fsp3) is 0.400. The van der Waals surface area contributed by atoms with Crippen molar-refractivity contribution in [3.05, 3.63) is 114 Å². The van der Waals surface area contributed by atoms with Gasteiger partial charge in [-0.2, -0.15) is 0 Å². The standard InChI is InChI=1S/C33H39Cl4O4P.C7H8/c1-17-12-19-16-20-13-18(2)15-22(32(6,7)8)28(20)39-42(33(9,10)11,38-27(19)21(14-17)31(3,4)5)40-29-25(36)23(34)24(35)26(37)30(29)41-42;1-7-5-3-2-4-6-7/h12-15H,16H2,1-11H3;2-6H,1H3. The molecule has 0 atom stereocenters. The summed E-state index contributed by atoms with van der Waals surface area (Å²) in [7, 11) is -4.84. The Balaban J connectivity index is 0.000000595. The van der Waals surface area contributed by atoms with Gasteiger partial charge in [0.05, 0.1) is 0 Å². The molecule has 6 rings (SSSR count). The van der Waals surface area contributed by atoms with Crippen LogP contribution in [0.3, 0.4) is 0 Å². The van der Waals surface area contributed by atoms with Crippen LogP contribution >= 0.6 is 53.9 Å². The molecule has 4 nitrogen and oxygen atoms in total. The minimum Gasteiger partial charge on any atom is -0.0622 e. The molecule has 0 aromatic heterocycles. The van der Waals surface area contributed by atoms with Gasteiger partial charge in [0, 0.05) is 0 Å². The molecule has 0 aliphatic carbocycles. The van der Waals surface area contributed by atoms with E-state index in [-0.39, 0.29) is 42.4 Å². The molecule has 0 saturated heterocycles. The first-order valence-corrected chi connectivity index (χ1v) is 19.9. The molecule has 0 amide bonds. The molecule has 4 aromatic carbocycles. The third-order valence-corrected chi connectivity index (χ3v) is 14.8. The first kappa shape index (κ1) is 37.9. The van der Waals surface area contributed by atoms with Crippen LogP contribution in [-0.4, -0.2) is 5.16 Å². The van der Waals surface area contributed by atoms with Crippen molar-refractivity contribution in [2.24, 2.45) is 0 Å². The number of fused-ring (bicyclic) bond motifs is 3. The van der Waals surface area contributed by atoms with Crippen LogP contribution in [0.25, 0.3) is 0 Å². The van der Waals surface area contributed by atoms with Crippen molar-refractivity contribution in [1.82, 2.24) is 0 Å². The van der Waals surface area contributed by atoms with E-state index in [4.69, 9.17) is 64.5 Å². The Labute approximate surface area is 312 Å². The van der Waals surface area contributed by atoms with Crippen molar-refractivity contribution in [2.75, 3.05) is 0 Å². The Bertz CT molecular complexity index is 1820. The van der Waals surface area contributed by atoms with E-state index in [0.29, 0.717) is 17.9 Å². The second-order valence-electron chi connectivity index (χ2n) is 16.2. The van der Waals surface area contributed by atoms with E-state index in [1.807, 2.05) is 39.0 Å². The van der Waals surface area contributed by atoms with E-state index >= 15 is 0 Å². The second-order valence-corrected chi connectivity index (χ2v) is 21.4. The van der Waals surface area contributed by atoms with Crippen LogP contribution in [0.2, 0.25) is 20.1 Å². The average molecular weight is 765 g/mol. The van der Waals surface area contributed by atoms with Gasteiger partial charge in [0.25, 0.3) is 0 Å². The van der Waals surface area contributed by atoms with Gasteiger partial charge in [-0.3, -0.25) is 0 Å². The maximum absolute atomic E-state index is 7.34. The number of halogens is 4. The van der Waals surface area contributed by atoms with Gasteiger partial charge in [0.2, 0.25) is 0 Å². The predicted molar refractivity (Wildman–Crippen MR) is 209 cm³/mol. The summed E-state index contributed by atoms with van der Waals surface area (Å²) in [6.45, 7) is 25.2. The molecule has 0 bridgehead atoms. The molecule has 49 heavy (non-hydrogen) atoms. The fourth-order valence-corrected chi connectivity index (χ4v) is 10.4. The summed E-state index contributed by atoms with van der Waals surface area (Å²) in [4.78, 5) is 0. The monoisotopic (exact) mass is 762 g/mol. The number of benzene rings is 4. The van der Waals surface area contributed by atoms with Crippen LogP contribution in [0.15, 0.2) is 54.6 Å². The number of hydrogen-bond donors (Lipinski definition) is 0. The van der Waals surface area contributed by atoms with E-state index in [0.717, 1.165) is 33.4 Å². The minimum absolute atomic E-state index is 0.0722. The third kappa shape index (κ3) is 6.74. The summed E-state index contributed by atoms with van der Waals surface area (Å²) < 4.78 is 28.6. The summed E-state index contributed by atoms with van der Waals surface area (Å²) in [6, 6.07) is 18.9. The molecule has 0 N–H and O–H groups in total. The van der Waals surface area contributed by atoms with Crippen LogP contribution in [-0.2, 0) is 17.3 Å². The van der Waals surface area contributed by atoms with E-state index in [9.17, 15) is 0 Å². The second kappa shape index (κ2) is 12.7. The summed E-state index contributed by atoms with van der Waals surface area (Å²) in [5.74, 6) is 1.65. The Morgan fingerprint density at radius 2 is 0.857 bits per heavy atom. The summed E-state index contributed by atoms with van der Waals surface area (Å²) in [5, 5.41) is -0.573. The zero-order valence-corrected chi connectivity index (χ0v) is 34.4. The Morgan fingerprint density at radius 3 is 1.16 bits per heavy atom. The van der Waals surface area contributed by atoms with Gasteiger partial charge in [-0.05, 0) is 6.92 Å². The molecule has 2 aliphatic heterocycles. The summed E-state index contributed by atoms with van der Waals surface area (Å²) >= 11 is 26.6. The molecule has 2 heterocycles. The zero-order valence-electron chi connectivity index (χ0n) is 30.5. The topological polar surface area (TPSA) is 36.9 Å². The molecule has 4 aromatic rings. The Morgan fingerprint density at radius 1 is 0.490 bits per heavy atom. The predicted octanol–water partition coefficient (Wildman–Crippen LogP) is 14.4. The zero-order chi connectivity index (χ0) is 36.5. The number of hydrogen-bond acceptors (Lipinski definition) is 4. The fourth-order valence-electron chi connectivity index (χ4n) is 6.07. The molecule has 0 radical (unpaired) electrons. The normalized spacial score (nSPS) is 16.8. The van der Waals surface area contributed by atoms with Crippen LogP contribution < -0.4 is 18.1 Å². The van der Waals surface area contributed by atoms with E-state index in [2.05, 4.69) is 98.7 Å². The van der Waals surface area contributed by atoms with Crippen LogP contribution in [0.5, 0.6) is 23.0 Å². The quantitative estimate of drug-likeness (QED) is 0.102. The van der Waals surface area contributed by atoms with Crippen LogP contribution in [0, 0.1) is 20.8 Å². The van der Waals surface area contributed by atoms with Gasteiger partial charge in [-0.25, -0.2) is 0 Å². The van der Waals surface area contributed by atoms with Crippen molar-refractivity contribution in [3.8, 4) is 23.0 Å². The van der Waals surface area contributed by atoms with E-state index < -0.39 is 12.7 Å². The molecule has 1 spiro atoms. The van der Waals surface area contributed by atoms with E-state index in [1.54, 1.807) is 0 Å². The molecule has 264 valence electrons. The molecule has 0 unspecified atom stereocenters. The van der Waals surface area contributed by atoms with Gasteiger partial charge in [0.1, 0.15) is 0 Å². The van der Waals surface area contributed by atoms with Gasteiger partial charge in [-0.1, -0.05) is 35.9 Å². The Kier molecular flexibility index (Phi) is 9.84. The van der Waals surface area contributed by atoms with Gasteiger partial charge >= 0.3 is 271 Å². The van der Waals surface area contributed by atoms with Gasteiger partial charge in [0.15, 0.2) is 0 Å². The molecule has 2 aliphatic rings. The number of aryl methyl sites for hydroxylation is 3. The van der Waals surface area contributed by atoms with Crippen LogP contribution in [0.4, 0.5) is 0 Å². The van der Waals surface area contributed by atoms with Crippen LogP contribution in [0.1, 0.15) is 101 Å². The molecule has 9 heteroatoms. The molecule has 0 fully saturated rings. The first-order chi connectivity index (χ1) is 22.5. The van der Waals surface area contributed by atoms with Gasteiger partial charge in [-0.15, -0.1) is 0 Å². The van der Waals surface area contributed by atoms with Crippen molar-refractivity contribution >= 4 is 53.9 Å². The number of rotatable bonds is 0. The molecular weight excluding hydrogens is 717 g/mol. The minimum atomic E-state index is -4.84. The Hall–Kier alpha value is -2.33. The van der Waals surface area contributed by atoms with Gasteiger partial charge < -0.3 is 0 Å². The largest absolute Gasteiger partial charge is 0.0622 e. The maximum Gasteiger partial charge on any atom is -0.0398 e. The summed E-state index contributed by atoms with van der Waals surface area (Å²) in [6.07, 6.45) is 0.600. The van der Waals surface area contributed by atoms with Crippen molar-refractivity contribution in [1.29, 1.82) is 0 Å². The molecular formula is C40H47Cl4O4P.